The Morgan fingerprint density at radius 3 is 2.47 bits per heavy atom. The number of carbonyl (C=O) groups is 2. The van der Waals surface area contributed by atoms with E-state index in [0.29, 0.717) is 6.54 Å². The Hall–Kier alpha value is -1.10. The van der Waals surface area contributed by atoms with Crippen molar-refractivity contribution in [3.63, 3.8) is 0 Å². The van der Waals surface area contributed by atoms with Crippen molar-refractivity contribution in [2.75, 3.05) is 13.2 Å². The minimum Gasteiger partial charge on any atom is -0.481 e. The summed E-state index contributed by atoms with van der Waals surface area (Å²) in [7, 11) is 0. The second-order valence-corrected chi connectivity index (χ2v) is 5.70. The smallest absolute Gasteiger partial charge is 0.303 e. The molecular weight excluding hydrogens is 246 g/mol. The van der Waals surface area contributed by atoms with Crippen molar-refractivity contribution in [2.45, 2.75) is 51.0 Å². The van der Waals surface area contributed by atoms with Crippen LogP contribution in [0.25, 0.3) is 0 Å². The van der Waals surface area contributed by atoms with Crippen molar-refractivity contribution >= 4 is 11.9 Å². The molecule has 1 heterocycles. The van der Waals surface area contributed by atoms with E-state index in [1.165, 1.54) is 0 Å². The zero-order valence-corrected chi connectivity index (χ0v) is 11.3. The molecule has 1 unspecified atom stereocenters. The Bertz CT molecular complexity index is 317. The average molecular weight is 269 g/mol. The fraction of sp³-hybridized carbons (Fsp3) is 0.857. The molecule has 1 amide bonds. The molecule has 5 nitrogen and oxygen atoms in total. The van der Waals surface area contributed by atoms with Gasteiger partial charge in [-0.3, -0.25) is 9.59 Å². The SMILES string of the molecule is O=C(O)CC1CCC(C(=O)NCC2CCCO2)CC1. The predicted molar refractivity (Wildman–Crippen MR) is 69.7 cm³/mol. The maximum atomic E-state index is 12.0. The molecule has 2 fully saturated rings. The minimum atomic E-state index is -0.730. The molecule has 5 heteroatoms. The fourth-order valence-electron chi connectivity index (χ4n) is 3.04. The lowest BCUT2D eigenvalue weighted by atomic mass is 9.80. The standard InChI is InChI=1S/C14H23NO4/c16-13(17)8-10-3-5-11(6-4-10)14(18)15-9-12-2-1-7-19-12/h10-12H,1-9H2,(H,15,18)(H,16,17). The molecule has 0 spiro atoms. The van der Waals surface area contributed by atoms with Crippen molar-refractivity contribution in [2.24, 2.45) is 11.8 Å². The van der Waals surface area contributed by atoms with E-state index < -0.39 is 5.97 Å². The van der Waals surface area contributed by atoms with Gasteiger partial charge in [0.1, 0.15) is 0 Å². The van der Waals surface area contributed by atoms with Gasteiger partial charge in [-0.1, -0.05) is 0 Å². The molecule has 2 aliphatic rings. The van der Waals surface area contributed by atoms with Crippen LogP contribution in [0.4, 0.5) is 0 Å². The minimum absolute atomic E-state index is 0.0615. The van der Waals surface area contributed by atoms with Gasteiger partial charge in [0.2, 0.25) is 5.91 Å². The molecule has 0 bridgehead atoms. The summed E-state index contributed by atoms with van der Waals surface area (Å²) in [6, 6.07) is 0. The Morgan fingerprint density at radius 2 is 1.89 bits per heavy atom. The summed E-state index contributed by atoms with van der Waals surface area (Å²) in [4.78, 5) is 22.6. The molecule has 1 atom stereocenters. The van der Waals surface area contributed by atoms with Crippen LogP contribution < -0.4 is 5.32 Å². The van der Waals surface area contributed by atoms with Crippen molar-refractivity contribution in [3.05, 3.63) is 0 Å². The van der Waals surface area contributed by atoms with E-state index in [1.54, 1.807) is 0 Å². The van der Waals surface area contributed by atoms with Crippen LogP contribution in [0.5, 0.6) is 0 Å². The van der Waals surface area contributed by atoms with Gasteiger partial charge in [-0.15, -0.1) is 0 Å². The zero-order valence-electron chi connectivity index (χ0n) is 11.3. The van der Waals surface area contributed by atoms with Crippen LogP contribution in [0.2, 0.25) is 0 Å². The molecule has 2 rings (SSSR count). The molecule has 1 saturated carbocycles. The molecule has 2 N–H and O–H groups in total. The first-order valence-corrected chi connectivity index (χ1v) is 7.26. The van der Waals surface area contributed by atoms with E-state index in [2.05, 4.69) is 5.32 Å². The van der Waals surface area contributed by atoms with E-state index in [-0.39, 0.29) is 30.3 Å². The molecule has 1 aliphatic carbocycles. The average Bonchev–Trinajstić information content (AvgIpc) is 2.89. The van der Waals surface area contributed by atoms with Crippen molar-refractivity contribution in [3.8, 4) is 0 Å². The van der Waals surface area contributed by atoms with Gasteiger partial charge in [0.25, 0.3) is 0 Å². The first-order valence-electron chi connectivity index (χ1n) is 7.26. The van der Waals surface area contributed by atoms with Crippen LogP contribution in [0.1, 0.15) is 44.9 Å². The Kier molecular flexibility index (Phi) is 5.19. The monoisotopic (exact) mass is 269 g/mol. The van der Waals surface area contributed by atoms with E-state index in [9.17, 15) is 9.59 Å². The maximum absolute atomic E-state index is 12.0. The van der Waals surface area contributed by atoms with Gasteiger partial charge in [-0.05, 0) is 44.4 Å². The number of hydrogen-bond acceptors (Lipinski definition) is 3. The molecule has 0 radical (unpaired) electrons. The summed E-state index contributed by atoms with van der Waals surface area (Å²) in [5.74, 6) is -0.304. The molecule has 108 valence electrons. The molecule has 19 heavy (non-hydrogen) atoms. The molecular formula is C14H23NO4. The summed E-state index contributed by atoms with van der Waals surface area (Å²) in [6.45, 7) is 1.43. The van der Waals surface area contributed by atoms with Crippen LogP contribution in [0, 0.1) is 11.8 Å². The van der Waals surface area contributed by atoms with E-state index in [1.807, 2.05) is 0 Å². The van der Waals surface area contributed by atoms with Crippen LogP contribution in [0.15, 0.2) is 0 Å². The van der Waals surface area contributed by atoms with Gasteiger partial charge >= 0.3 is 5.97 Å². The summed E-state index contributed by atoms with van der Waals surface area (Å²) in [6.07, 6.45) is 5.88. The van der Waals surface area contributed by atoms with Gasteiger partial charge in [0, 0.05) is 25.5 Å². The Morgan fingerprint density at radius 1 is 1.16 bits per heavy atom. The number of rotatable bonds is 5. The number of carbonyl (C=O) groups excluding carboxylic acids is 1. The molecule has 0 aromatic rings. The van der Waals surface area contributed by atoms with Crippen LogP contribution in [-0.2, 0) is 14.3 Å². The number of hydrogen-bond donors (Lipinski definition) is 2. The predicted octanol–water partition coefficient (Wildman–Crippen LogP) is 1.56. The number of amides is 1. The van der Waals surface area contributed by atoms with Crippen LogP contribution in [0.3, 0.4) is 0 Å². The third-order valence-electron chi connectivity index (χ3n) is 4.21. The quantitative estimate of drug-likeness (QED) is 0.794. The lowest BCUT2D eigenvalue weighted by Crippen LogP contribution is -2.37. The second-order valence-electron chi connectivity index (χ2n) is 5.70. The van der Waals surface area contributed by atoms with E-state index in [0.717, 1.165) is 45.1 Å². The first kappa shape index (κ1) is 14.3. The topological polar surface area (TPSA) is 75.6 Å². The zero-order chi connectivity index (χ0) is 13.7. The van der Waals surface area contributed by atoms with Gasteiger partial charge < -0.3 is 15.2 Å². The molecule has 1 aliphatic heterocycles. The molecule has 1 saturated heterocycles. The highest BCUT2D eigenvalue weighted by atomic mass is 16.5. The highest BCUT2D eigenvalue weighted by Gasteiger charge is 2.27. The van der Waals surface area contributed by atoms with Crippen LogP contribution >= 0.6 is 0 Å². The van der Waals surface area contributed by atoms with E-state index >= 15 is 0 Å². The first-order chi connectivity index (χ1) is 9.15. The number of carboxylic acid groups (broad SMARTS) is 1. The summed E-state index contributed by atoms with van der Waals surface area (Å²) in [5, 5.41) is 11.7. The van der Waals surface area contributed by atoms with Crippen molar-refractivity contribution in [1.82, 2.24) is 5.32 Å². The summed E-state index contributed by atoms with van der Waals surface area (Å²) >= 11 is 0. The molecule has 0 aromatic heterocycles. The van der Waals surface area contributed by atoms with Gasteiger partial charge in [-0.2, -0.15) is 0 Å². The fourth-order valence-corrected chi connectivity index (χ4v) is 3.04. The van der Waals surface area contributed by atoms with E-state index in [4.69, 9.17) is 9.84 Å². The Labute approximate surface area is 113 Å². The number of ether oxygens (including phenoxy) is 1. The summed E-state index contributed by atoms with van der Waals surface area (Å²) in [5.41, 5.74) is 0. The van der Waals surface area contributed by atoms with Gasteiger partial charge in [-0.25, -0.2) is 0 Å². The maximum Gasteiger partial charge on any atom is 0.303 e. The highest BCUT2D eigenvalue weighted by molar-refractivity contribution is 5.78. The largest absolute Gasteiger partial charge is 0.481 e. The third-order valence-corrected chi connectivity index (χ3v) is 4.21. The lowest BCUT2D eigenvalue weighted by molar-refractivity contribution is -0.138. The number of nitrogens with one attached hydrogen (secondary N) is 1. The van der Waals surface area contributed by atoms with Gasteiger partial charge in [0.15, 0.2) is 0 Å². The van der Waals surface area contributed by atoms with Crippen molar-refractivity contribution < 1.29 is 19.4 Å². The third kappa shape index (κ3) is 4.49. The Balaban J connectivity index is 1.65. The normalized spacial score (nSPS) is 31.1. The summed E-state index contributed by atoms with van der Waals surface area (Å²) < 4.78 is 5.47. The second kappa shape index (κ2) is 6.89. The molecule has 0 aromatic carbocycles. The van der Waals surface area contributed by atoms with Gasteiger partial charge in [0.05, 0.1) is 6.10 Å². The number of aliphatic carboxylic acids is 1. The van der Waals surface area contributed by atoms with Crippen molar-refractivity contribution in [1.29, 1.82) is 0 Å². The number of carboxylic acids is 1. The van der Waals surface area contributed by atoms with Crippen LogP contribution in [-0.4, -0.2) is 36.2 Å². The lowest BCUT2D eigenvalue weighted by Gasteiger charge is -2.27. The highest BCUT2D eigenvalue weighted by Crippen LogP contribution is 2.30.